The van der Waals surface area contributed by atoms with Crippen LogP contribution in [0.1, 0.15) is 19.3 Å². The first-order chi connectivity index (χ1) is 13.8. The maximum atomic E-state index is 12.6. The fourth-order valence-corrected chi connectivity index (χ4v) is 5.91. The van der Waals surface area contributed by atoms with Gasteiger partial charge in [0.25, 0.3) is 5.91 Å². The summed E-state index contributed by atoms with van der Waals surface area (Å²) in [6, 6.07) is 6.77. The molecule has 1 saturated heterocycles. The van der Waals surface area contributed by atoms with E-state index in [0.29, 0.717) is 22.3 Å². The maximum Gasteiger partial charge on any atom is 0.273 e. The smallest absolute Gasteiger partial charge is 0.273 e. The molecule has 2 aliphatic rings. The van der Waals surface area contributed by atoms with Gasteiger partial charge in [0.05, 0.1) is 23.2 Å². The van der Waals surface area contributed by atoms with Gasteiger partial charge in [-0.3, -0.25) is 14.9 Å². The van der Waals surface area contributed by atoms with Crippen molar-refractivity contribution in [3.8, 4) is 11.3 Å². The summed E-state index contributed by atoms with van der Waals surface area (Å²) in [4.78, 5) is 29.2. The van der Waals surface area contributed by atoms with Crippen LogP contribution >= 0.6 is 22.9 Å². The molecule has 1 atom stereocenters. The zero-order valence-corrected chi connectivity index (χ0v) is 17.6. The first-order valence-corrected chi connectivity index (χ1v) is 12.0. The Balaban J connectivity index is 1.49. The van der Waals surface area contributed by atoms with Crippen molar-refractivity contribution in [3.63, 3.8) is 0 Å². The molecule has 8 nitrogen and oxygen atoms in total. The summed E-state index contributed by atoms with van der Waals surface area (Å²) in [6.45, 7) is 0. The van der Waals surface area contributed by atoms with Gasteiger partial charge in [-0.25, -0.2) is 18.4 Å². The van der Waals surface area contributed by atoms with Crippen LogP contribution in [-0.4, -0.2) is 53.5 Å². The molecule has 11 heteroatoms. The van der Waals surface area contributed by atoms with Crippen LogP contribution in [0.3, 0.4) is 0 Å². The Bertz CT molecular complexity index is 1110. The lowest BCUT2D eigenvalue weighted by atomic mass is 10.1. The van der Waals surface area contributed by atoms with Gasteiger partial charge < -0.3 is 0 Å². The average molecular weight is 453 g/mol. The molecular formula is C18H17ClN4O4S2. The van der Waals surface area contributed by atoms with Crippen LogP contribution in [0.25, 0.3) is 11.3 Å². The van der Waals surface area contributed by atoms with E-state index in [2.05, 4.69) is 15.4 Å². The van der Waals surface area contributed by atoms with Crippen molar-refractivity contribution in [1.29, 1.82) is 0 Å². The minimum atomic E-state index is -3.16. The van der Waals surface area contributed by atoms with Crippen molar-refractivity contribution in [2.75, 3.05) is 16.8 Å². The van der Waals surface area contributed by atoms with Gasteiger partial charge in [-0.2, -0.15) is 5.10 Å². The number of anilines is 1. The van der Waals surface area contributed by atoms with Crippen molar-refractivity contribution in [2.45, 2.75) is 25.3 Å². The van der Waals surface area contributed by atoms with E-state index in [1.54, 1.807) is 11.4 Å². The van der Waals surface area contributed by atoms with Gasteiger partial charge in [0.2, 0.25) is 5.91 Å². The Morgan fingerprint density at radius 2 is 2.07 bits per heavy atom. The molecule has 2 aliphatic heterocycles. The van der Waals surface area contributed by atoms with Gasteiger partial charge in [-0.05, 0) is 12.5 Å². The van der Waals surface area contributed by atoms with Crippen LogP contribution < -0.4 is 5.32 Å². The average Bonchev–Trinajstić information content (AvgIpc) is 3.28. The fourth-order valence-electron chi connectivity index (χ4n) is 3.28. The highest BCUT2D eigenvalue weighted by molar-refractivity contribution is 7.91. The van der Waals surface area contributed by atoms with Crippen molar-refractivity contribution < 1.29 is 18.0 Å². The summed E-state index contributed by atoms with van der Waals surface area (Å²) in [5, 5.41) is 10.8. The number of nitrogens with one attached hydrogen (secondary N) is 1. The Kier molecular flexibility index (Phi) is 5.41. The number of thiazole rings is 1. The Morgan fingerprint density at radius 3 is 2.79 bits per heavy atom. The third-order valence-corrected chi connectivity index (χ3v) is 7.59. The highest BCUT2D eigenvalue weighted by Gasteiger charge is 2.37. The van der Waals surface area contributed by atoms with Crippen LogP contribution in [0.4, 0.5) is 5.13 Å². The number of hydrogen-bond acceptors (Lipinski definition) is 7. The quantitative estimate of drug-likeness (QED) is 0.766. The molecule has 1 fully saturated rings. The predicted octanol–water partition coefficient (Wildman–Crippen LogP) is 2.57. The largest absolute Gasteiger partial charge is 0.297 e. The summed E-state index contributed by atoms with van der Waals surface area (Å²) < 4.78 is 23.4. The third kappa shape index (κ3) is 4.34. The van der Waals surface area contributed by atoms with E-state index in [1.807, 2.05) is 18.2 Å². The monoisotopic (exact) mass is 452 g/mol. The standard InChI is InChI=1S/C18H17ClN4O4S2/c19-13-4-2-1-3-12(13)15-9-28-18(20-15)21-17(25)14-5-6-16(24)23(22-14)11-7-8-29(26,27)10-11/h1-4,9,11H,5-8,10H2,(H,20,21,25). The number of aromatic nitrogens is 1. The summed E-state index contributed by atoms with van der Waals surface area (Å²) in [6.07, 6.45) is 0.648. The Morgan fingerprint density at radius 1 is 1.28 bits per heavy atom. The molecule has 1 aromatic carbocycles. The summed E-state index contributed by atoms with van der Waals surface area (Å²) in [7, 11) is -3.16. The number of rotatable bonds is 4. The van der Waals surface area contributed by atoms with Crippen LogP contribution in [-0.2, 0) is 19.4 Å². The van der Waals surface area contributed by atoms with Crippen molar-refractivity contribution >= 4 is 55.4 Å². The number of carbonyl (C=O) groups excluding carboxylic acids is 2. The van der Waals surface area contributed by atoms with Crippen molar-refractivity contribution in [1.82, 2.24) is 9.99 Å². The molecule has 29 heavy (non-hydrogen) atoms. The third-order valence-electron chi connectivity index (χ3n) is 4.75. The number of benzene rings is 1. The second kappa shape index (κ2) is 7.85. The molecule has 1 aromatic heterocycles. The van der Waals surface area contributed by atoms with Gasteiger partial charge in [0.15, 0.2) is 15.0 Å². The van der Waals surface area contributed by atoms with Crippen LogP contribution in [0, 0.1) is 0 Å². The number of nitrogens with zero attached hydrogens (tertiary/aromatic N) is 3. The topological polar surface area (TPSA) is 109 Å². The highest BCUT2D eigenvalue weighted by atomic mass is 35.5. The van der Waals surface area contributed by atoms with E-state index in [-0.39, 0.29) is 36.0 Å². The molecule has 1 unspecified atom stereocenters. The van der Waals surface area contributed by atoms with Crippen LogP contribution in [0.5, 0.6) is 0 Å². The van der Waals surface area contributed by atoms with Crippen LogP contribution in [0.15, 0.2) is 34.7 Å². The minimum Gasteiger partial charge on any atom is -0.297 e. The molecule has 4 rings (SSSR count). The summed E-state index contributed by atoms with van der Waals surface area (Å²) >= 11 is 7.44. The predicted molar refractivity (Wildman–Crippen MR) is 112 cm³/mol. The zero-order chi connectivity index (χ0) is 20.6. The van der Waals surface area contributed by atoms with E-state index < -0.39 is 21.8 Å². The number of carbonyl (C=O) groups is 2. The molecule has 0 radical (unpaired) electrons. The number of halogens is 1. The van der Waals surface area contributed by atoms with Crippen molar-refractivity contribution in [2.24, 2.45) is 5.10 Å². The van der Waals surface area contributed by atoms with Gasteiger partial charge in [-0.15, -0.1) is 11.3 Å². The molecule has 1 N–H and O–H groups in total. The molecule has 0 spiro atoms. The number of hydrogen-bond donors (Lipinski definition) is 1. The van der Waals surface area contributed by atoms with Gasteiger partial charge in [-0.1, -0.05) is 29.8 Å². The lowest BCUT2D eigenvalue weighted by Gasteiger charge is -2.27. The molecule has 0 saturated carbocycles. The lowest BCUT2D eigenvalue weighted by molar-refractivity contribution is -0.133. The first kappa shape index (κ1) is 20.0. The Hall–Kier alpha value is -2.30. The summed E-state index contributed by atoms with van der Waals surface area (Å²) in [5.74, 6) is -0.810. The normalized spacial score (nSPS) is 21.1. The molecule has 152 valence electrons. The van der Waals surface area contributed by atoms with Gasteiger partial charge in [0, 0.05) is 28.8 Å². The van der Waals surface area contributed by atoms with Gasteiger partial charge >= 0.3 is 0 Å². The molecular weight excluding hydrogens is 436 g/mol. The maximum absolute atomic E-state index is 12.6. The number of amides is 2. The van der Waals surface area contributed by atoms with Crippen molar-refractivity contribution in [3.05, 3.63) is 34.7 Å². The second-order valence-electron chi connectivity index (χ2n) is 6.81. The Labute approximate surface area is 176 Å². The highest BCUT2D eigenvalue weighted by Crippen LogP contribution is 2.30. The summed E-state index contributed by atoms with van der Waals surface area (Å²) in [5.41, 5.74) is 1.60. The SMILES string of the molecule is O=C(Nc1nc(-c2ccccc2Cl)cs1)C1=NN(C2CCS(=O)(=O)C2)C(=O)CC1. The molecule has 0 bridgehead atoms. The van der Waals surface area contributed by atoms with Gasteiger partial charge in [0.1, 0.15) is 5.71 Å². The number of hydrazone groups is 1. The minimum absolute atomic E-state index is 0.0302. The van der Waals surface area contributed by atoms with E-state index >= 15 is 0 Å². The van der Waals surface area contributed by atoms with E-state index in [4.69, 9.17) is 11.6 Å². The fraction of sp³-hybridized carbons (Fsp3) is 0.333. The first-order valence-electron chi connectivity index (χ1n) is 8.94. The lowest BCUT2D eigenvalue weighted by Crippen LogP contribution is -2.42. The van der Waals surface area contributed by atoms with Crippen LogP contribution in [0.2, 0.25) is 5.02 Å². The molecule has 0 aliphatic carbocycles. The van der Waals surface area contributed by atoms with E-state index in [1.165, 1.54) is 16.3 Å². The molecule has 3 heterocycles. The van der Waals surface area contributed by atoms with E-state index in [0.717, 1.165) is 5.56 Å². The zero-order valence-electron chi connectivity index (χ0n) is 15.2. The number of sulfone groups is 1. The second-order valence-corrected chi connectivity index (χ2v) is 10.3. The molecule has 2 aromatic rings. The van der Waals surface area contributed by atoms with E-state index in [9.17, 15) is 18.0 Å². The molecule has 2 amide bonds.